The van der Waals surface area contributed by atoms with Gasteiger partial charge in [0.05, 0.1) is 6.04 Å². The zero-order valence-electron chi connectivity index (χ0n) is 16.5. The molecule has 1 N–H and O–H groups in total. The Balaban J connectivity index is 1.74. The fourth-order valence-electron chi connectivity index (χ4n) is 3.45. The second-order valence-electron chi connectivity index (χ2n) is 7.07. The molecule has 0 radical (unpaired) electrons. The molecule has 0 aliphatic rings. The van der Waals surface area contributed by atoms with Crippen LogP contribution in [0.1, 0.15) is 43.0 Å². The Bertz CT molecular complexity index is 943. The summed E-state index contributed by atoms with van der Waals surface area (Å²) in [5.74, 6) is 0.630. The van der Waals surface area contributed by atoms with Crippen molar-refractivity contribution in [3.63, 3.8) is 0 Å². The molecular formula is C24H27NO2. The number of carbonyl (C=O) groups excluding carboxylic acids is 1. The molecule has 0 saturated carbocycles. The molecule has 0 bridgehead atoms. The fourth-order valence-corrected chi connectivity index (χ4v) is 3.45. The van der Waals surface area contributed by atoms with E-state index in [0.29, 0.717) is 0 Å². The highest BCUT2D eigenvalue weighted by molar-refractivity contribution is 5.89. The highest BCUT2D eigenvalue weighted by Gasteiger charge is 2.21. The molecule has 3 nitrogen and oxygen atoms in total. The highest BCUT2D eigenvalue weighted by Crippen LogP contribution is 2.26. The molecule has 0 aliphatic carbocycles. The van der Waals surface area contributed by atoms with E-state index in [2.05, 4.69) is 44.3 Å². The number of amides is 1. The molecule has 2 unspecified atom stereocenters. The van der Waals surface area contributed by atoms with Crippen LogP contribution in [0.5, 0.6) is 5.75 Å². The number of fused-ring (bicyclic) bond motifs is 1. The summed E-state index contributed by atoms with van der Waals surface area (Å²) in [4.78, 5) is 12.8. The largest absolute Gasteiger partial charge is 0.480 e. The SMILES string of the molecule is CCC(NC(=O)C(C)Oc1cccc2ccccc12)c1ccc(C)cc1C. The van der Waals surface area contributed by atoms with Crippen LogP contribution >= 0.6 is 0 Å². The van der Waals surface area contributed by atoms with E-state index >= 15 is 0 Å². The third kappa shape index (κ3) is 4.30. The van der Waals surface area contributed by atoms with Crippen LogP contribution in [0.15, 0.2) is 60.7 Å². The minimum Gasteiger partial charge on any atom is -0.480 e. The third-order valence-corrected chi connectivity index (χ3v) is 4.95. The van der Waals surface area contributed by atoms with Crippen molar-refractivity contribution in [3.8, 4) is 5.75 Å². The van der Waals surface area contributed by atoms with Gasteiger partial charge in [-0.2, -0.15) is 0 Å². The van der Waals surface area contributed by atoms with Gasteiger partial charge in [0, 0.05) is 5.39 Å². The van der Waals surface area contributed by atoms with Crippen molar-refractivity contribution in [1.29, 1.82) is 0 Å². The van der Waals surface area contributed by atoms with Gasteiger partial charge in [0.2, 0.25) is 0 Å². The van der Waals surface area contributed by atoms with Gasteiger partial charge in [0.25, 0.3) is 5.91 Å². The summed E-state index contributed by atoms with van der Waals surface area (Å²) in [7, 11) is 0. The van der Waals surface area contributed by atoms with E-state index in [-0.39, 0.29) is 11.9 Å². The topological polar surface area (TPSA) is 38.3 Å². The van der Waals surface area contributed by atoms with Crippen molar-refractivity contribution >= 4 is 16.7 Å². The molecule has 3 rings (SSSR count). The van der Waals surface area contributed by atoms with Crippen LogP contribution in [-0.4, -0.2) is 12.0 Å². The summed E-state index contributed by atoms with van der Waals surface area (Å²) >= 11 is 0. The fraction of sp³-hybridized carbons (Fsp3) is 0.292. The van der Waals surface area contributed by atoms with E-state index in [1.165, 1.54) is 11.1 Å². The number of hydrogen-bond donors (Lipinski definition) is 1. The minimum atomic E-state index is -0.574. The Labute approximate surface area is 161 Å². The van der Waals surface area contributed by atoms with E-state index < -0.39 is 6.10 Å². The Morgan fingerprint density at radius 1 is 1.04 bits per heavy atom. The smallest absolute Gasteiger partial charge is 0.261 e. The molecule has 0 fully saturated rings. The summed E-state index contributed by atoms with van der Waals surface area (Å²) < 4.78 is 6.01. The van der Waals surface area contributed by atoms with Gasteiger partial charge < -0.3 is 10.1 Å². The first-order valence-electron chi connectivity index (χ1n) is 9.51. The second kappa shape index (κ2) is 8.26. The number of nitrogens with one attached hydrogen (secondary N) is 1. The van der Waals surface area contributed by atoms with Crippen LogP contribution in [0.25, 0.3) is 10.8 Å². The van der Waals surface area contributed by atoms with Crippen molar-refractivity contribution in [3.05, 3.63) is 77.4 Å². The lowest BCUT2D eigenvalue weighted by atomic mass is 9.97. The number of hydrogen-bond acceptors (Lipinski definition) is 2. The summed E-state index contributed by atoms with van der Waals surface area (Å²) in [6.45, 7) is 8.05. The van der Waals surface area contributed by atoms with E-state index in [4.69, 9.17) is 4.74 Å². The van der Waals surface area contributed by atoms with Crippen molar-refractivity contribution in [1.82, 2.24) is 5.32 Å². The van der Waals surface area contributed by atoms with Crippen molar-refractivity contribution in [2.75, 3.05) is 0 Å². The maximum Gasteiger partial charge on any atom is 0.261 e. The molecule has 0 aliphatic heterocycles. The molecule has 0 spiro atoms. The number of carbonyl (C=O) groups is 1. The molecule has 0 aromatic heterocycles. The molecule has 2 atom stereocenters. The zero-order chi connectivity index (χ0) is 19.4. The first kappa shape index (κ1) is 19.0. The Morgan fingerprint density at radius 2 is 1.78 bits per heavy atom. The van der Waals surface area contributed by atoms with Gasteiger partial charge in [-0.25, -0.2) is 0 Å². The second-order valence-corrected chi connectivity index (χ2v) is 7.07. The highest BCUT2D eigenvalue weighted by atomic mass is 16.5. The molecule has 27 heavy (non-hydrogen) atoms. The maximum absolute atomic E-state index is 12.8. The number of benzene rings is 3. The quantitative estimate of drug-likeness (QED) is 0.630. The van der Waals surface area contributed by atoms with Crippen molar-refractivity contribution < 1.29 is 9.53 Å². The van der Waals surface area contributed by atoms with Crippen LogP contribution in [-0.2, 0) is 4.79 Å². The molecule has 0 saturated heterocycles. The van der Waals surface area contributed by atoms with Crippen LogP contribution in [0.3, 0.4) is 0 Å². The minimum absolute atomic E-state index is 0.0170. The standard InChI is InChI=1S/C24H27NO2/c1-5-22(20-14-13-16(2)15-17(20)3)25-24(26)18(4)27-23-12-8-10-19-9-6-7-11-21(19)23/h6-15,18,22H,5H2,1-4H3,(H,25,26). The average molecular weight is 361 g/mol. The first-order chi connectivity index (χ1) is 13.0. The molecule has 3 heteroatoms. The van der Waals surface area contributed by atoms with Gasteiger partial charge >= 0.3 is 0 Å². The zero-order valence-corrected chi connectivity index (χ0v) is 16.5. The van der Waals surface area contributed by atoms with Gasteiger partial charge in [-0.05, 0) is 49.8 Å². The third-order valence-electron chi connectivity index (χ3n) is 4.95. The van der Waals surface area contributed by atoms with Crippen LogP contribution in [0.4, 0.5) is 0 Å². The Kier molecular flexibility index (Phi) is 5.80. The van der Waals surface area contributed by atoms with Crippen molar-refractivity contribution in [2.45, 2.75) is 46.3 Å². The maximum atomic E-state index is 12.8. The molecule has 3 aromatic carbocycles. The Hall–Kier alpha value is -2.81. The van der Waals surface area contributed by atoms with E-state index in [1.54, 1.807) is 6.92 Å². The first-order valence-corrected chi connectivity index (χ1v) is 9.51. The molecular weight excluding hydrogens is 334 g/mol. The van der Waals surface area contributed by atoms with Crippen LogP contribution in [0.2, 0.25) is 0 Å². The van der Waals surface area contributed by atoms with Gasteiger partial charge in [-0.1, -0.05) is 67.1 Å². The molecule has 1 amide bonds. The predicted molar refractivity (Wildman–Crippen MR) is 111 cm³/mol. The normalized spacial score (nSPS) is 13.2. The summed E-state index contributed by atoms with van der Waals surface area (Å²) in [5.41, 5.74) is 3.59. The summed E-state index contributed by atoms with van der Waals surface area (Å²) in [5, 5.41) is 5.26. The van der Waals surface area contributed by atoms with Crippen LogP contribution in [0, 0.1) is 13.8 Å². The number of rotatable bonds is 6. The number of ether oxygens (including phenoxy) is 1. The lowest BCUT2D eigenvalue weighted by Crippen LogP contribution is -2.38. The lowest BCUT2D eigenvalue weighted by Gasteiger charge is -2.23. The Morgan fingerprint density at radius 3 is 2.52 bits per heavy atom. The average Bonchev–Trinajstić information content (AvgIpc) is 2.66. The van der Waals surface area contributed by atoms with E-state index in [0.717, 1.165) is 28.5 Å². The van der Waals surface area contributed by atoms with Gasteiger partial charge in [0.1, 0.15) is 5.75 Å². The molecule has 140 valence electrons. The van der Waals surface area contributed by atoms with E-state index in [9.17, 15) is 4.79 Å². The van der Waals surface area contributed by atoms with Gasteiger partial charge in [-0.3, -0.25) is 4.79 Å². The predicted octanol–water partition coefficient (Wildman–Crippen LogP) is 5.49. The number of aryl methyl sites for hydroxylation is 2. The van der Waals surface area contributed by atoms with Gasteiger partial charge in [-0.15, -0.1) is 0 Å². The summed E-state index contributed by atoms with van der Waals surface area (Å²) in [6.07, 6.45) is 0.256. The monoisotopic (exact) mass is 361 g/mol. The molecule has 3 aromatic rings. The van der Waals surface area contributed by atoms with E-state index in [1.807, 2.05) is 42.5 Å². The molecule has 0 heterocycles. The summed E-state index contributed by atoms with van der Waals surface area (Å²) in [6, 6.07) is 20.3. The van der Waals surface area contributed by atoms with Crippen LogP contribution < -0.4 is 10.1 Å². The lowest BCUT2D eigenvalue weighted by molar-refractivity contribution is -0.128. The van der Waals surface area contributed by atoms with Crippen molar-refractivity contribution in [2.24, 2.45) is 0 Å². The van der Waals surface area contributed by atoms with Gasteiger partial charge in [0.15, 0.2) is 6.10 Å².